The Morgan fingerprint density at radius 1 is 1.32 bits per heavy atom. The summed E-state index contributed by atoms with van der Waals surface area (Å²) >= 11 is 0. The molecule has 126 valence electrons. The van der Waals surface area contributed by atoms with E-state index in [0.29, 0.717) is 18.0 Å². The lowest BCUT2D eigenvalue weighted by atomic mass is 10.2. The molecule has 22 heavy (non-hydrogen) atoms. The fourth-order valence-electron chi connectivity index (χ4n) is 2.30. The average molecular weight is 307 g/mol. The highest BCUT2D eigenvalue weighted by Crippen LogP contribution is 2.05. The van der Waals surface area contributed by atoms with Crippen molar-refractivity contribution in [2.45, 2.75) is 39.8 Å². The van der Waals surface area contributed by atoms with Crippen molar-refractivity contribution in [1.29, 1.82) is 0 Å². The number of nitrogens with zero attached hydrogens (tertiary/aromatic N) is 2. The highest BCUT2D eigenvalue weighted by Gasteiger charge is 2.18. The van der Waals surface area contributed by atoms with E-state index in [4.69, 9.17) is 0 Å². The normalized spacial score (nSPS) is 20.5. The topological polar surface area (TPSA) is 51.7 Å². The van der Waals surface area contributed by atoms with E-state index in [1.54, 1.807) is 0 Å². The van der Waals surface area contributed by atoms with Crippen molar-refractivity contribution in [1.82, 2.24) is 21.1 Å². The number of hydrogen-bond acceptors (Lipinski definition) is 5. The molecule has 0 aromatic rings. The zero-order valence-electron chi connectivity index (χ0n) is 14.8. The molecule has 0 bridgehead atoms. The third-order valence-corrected chi connectivity index (χ3v) is 3.58. The predicted molar refractivity (Wildman–Crippen MR) is 96.1 cm³/mol. The molecular formula is C17H33N5. The zero-order valence-corrected chi connectivity index (χ0v) is 14.8. The van der Waals surface area contributed by atoms with Crippen molar-refractivity contribution in [2.24, 2.45) is 10.9 Å². The summed E-state index contributed by atoms with van der Waals surface area (Å²) in [6.07, 6.45) is 8.44. The first-order chi connectivity index (χ1) is 10.6. The Balaban J connectivity index is 2.22. The predicted octanol–water partition coefficient (Wildman–Crippen LogP) is 1.56. The molecule has 1 rings (SSSR count). The monoisotopic (exact) mass is 307 g/mol. The molecule has 0 aromatic heterocycles. The first-order valence-corrected chi connectivity index (χ1v) is 8.29. The minimum Gasteiger partial charge on any atom is -0.315 e. The zero-order chi connectivity index (χ0) is 16.4. The fourth-order valence-corrected chi connectivity index (χ4v) is 2.30. The molecule has 0 saturated heterocycles. The molecule has 0 radical (unpaired) electrons. The molecule has 0 aromatic carbocycles. The number of hydrazine groups is 1. The average Bonchev–Trinajstić information content (AvgIpc) is 2.94. The van der Waals surface area contributed by atoms with Crippen LogP contribution in [-0.2, 0) is 0 Å². The molecule has 5 nitrogen and oxygen atoms in total. The fraction of sp³-hybridized carbons (Fsp3) is 0.706. The Hall–Kier alpha value is -1.17. The van der Waals surface area contributed by atoms with Crippen molar-refractivity contribution in [3.8, 4) is 0 Å². The van der Waals surface area contributed by atoms with E-state index >= 15 is 0 Å². The van der Waals surface area contributed by atoms with Gasteiger partial charge in [0.05, 0.1) is 12.1 Å². The van der Waals surface area contributed by atoms with E-state index in [1.807, 2.05) is 26.1 Å². The second-order valence-electron chi connectivity index (χ2n) is 6.23. The molecule has 1 heterocycles. The van der Waals surface area contributed by atoms with Gasteiger partial charge in [0.2, 0.25) is 0 Å². The van der Waals surface area contributed by atoms with Gasteiger partial charge in [-0.1, -0.05) is 19.9 Å². The molecule has 5 heteroatoms. The summed E-state index contributed by atoms with van der Waals surface area (Å²) in [5.74, 6) is 0.691. The molecule has 1 aliphatic heterocycles. The smallest absolute Gasteiger partial charge is 0.0584 e. The quantitative estimate of drug-likeness (QED) is 0.536. The maximum Gasteiger partial charge on any atom is 0.0584 e. The molecule has 0 fully saturated rings. The van der Waals surface area contributed by atoms with E-state index < -0.39 is 0 Å². The molecule has 3 N–H and O–H groups in total. The third kappa shape index (κ3) is 7.20. The maximum atomic E-state index is 4.25. The molecule has 1 aliphatic rings. The Morgan fingerprint density at radius 3 is 2.73 bits per heavy atom. The first-order valence-electron chi connectivity index (χ1n) is 8.29. The van der Waals surface area contributed by atoms with Crippen molar-refractivity contribution in [3.63, 3.8) is 0 Å². The van der Waals surface area contributed by atoms with Crippen molar-refractivity contribution >= 4 is 5.71 Å². The summed E-state index contributed by atoms with van der Waals surface area (Å²) in [5, 5.41) is 9.13. The number of allylic oxidation sites excluding steroid dienone is 1. The second kappa shape index (κ2) is 10.5. The summed E-state index contributed by atoms with van der Waals surface area (Å²) in [5.41, 5.74) is 4.60. The minimum absolute atomic E-state index is 0.386. The number of nitrogens with one attached hydrogen (secondary N) is 3. The molecule has 0 spiro atoms. The van der Waals surface area contributed by atoms with Gasteiger partial charge in [-0.3, -0.25) is 4.99 Å². The van der Waals surface area contributed by atoms with Gasteiger partial charge in [0, 0.05) is 38.6 Å². The number of aliphatic imine (C=N–C) groups is 1. The van der Waals surface area contributed by atoms with Crippen LogP contribution < -0.4 is 16.1 Å². The Morgan fingerprint density at radius 2 is 2.09 bits per heavy atom. The van der Waals surface area contributed by atoms with Crippen LogP contribution in [0.5, 0.6) is 0 Å². The largest absolute Gasteiger partial charge is 0.315 e. The molecular weight excluding hydrogens is 274 g/mol. The van der Waals surface area contributed by atoms with Crippen molar-refractivity contribution in [3.05, 3.63) is 24.4 Å². The van der Waals surface area contributed by atoms with E-state index in [1.165, 1.54) is 0 Å². The summed E-state index contributed by atoms with van der Waals surface area (Å²) in [6, 6.07) is 0.784. The van der Waals surface area contributed by atoms with Gasteiger partial charge in [-0.05, 0) is 38.5 Å². The lowest BCUT2D eigenvalue weighted by Crippen LogP contribution is -2.48. The summed E-state index contributed by atoms with van der Waals surface area (Å²) in [6.45, 7) is 12.4. The van der Waals surface area contributed by atoms with Crippen LogP contribution in [0.15, 0.2) is 29.4 Å². The first kappa shape index (κ1) is 18.9. The van der Waals surface area contributed by atoms with Crippen LogP contribution >= 0.6 is 0 Å². The van der Waals surface area contributed by atoms with Gasteiger partial charge in [0.25, 0.3) is 0 Å². The van der Waals surface area contributed by atoms with Crippen LogP contribution in [-0.4, -0.2) is 56.0 Å². The summed E-state index contributed by atoms with van der Waals surface area (Å²) in [4.78, 5) is 4.25. The van der Waals surface area contributed by atoms with Crippen molar-refractivity contribution < 1.29 is 0 Å². The van der Waals surface area contributed by atoms with Crippen LogP contribution in [0.3, 0.4) is 0 Å². The van der Waals surface area contributed by atoms with Crippen LogP contribution in [0.25, 0.3) is 0 Å². The van der Waals surface area contributed by atoms with Crippen LogP contribution in [0.2, 0.25) is 0 Å². The molecule has 0 saturated carbocycles. The summed E-state index contributed by atoms with van der Waals surface area (Å²) in [7, 11) is 1.83. The van der Waals surface area contributed by atoms with Crippen LogP contribution in [0, 0.1) is 5.92 Å². The van der Waals surface area contributed by atoms with E-state index in [2.05, 4.69) is 59.1 Å². The Bertz CT molecular complexity index is 387. The summed E-state index contributed by atoms with van der Waals surface area (Å²) < 4.78 is 0. The van der Waals surface area contributed by atoms with E-state index in [0.717, 1.165) is 31.9 Å². The van der Waals surface area contributed by atoms with Crippen molar-refractivity contribution in [2.75, 3.05) is 33.2 Å². The van der Waals surface area contributed by atoms with Gasteiger partial charge >= 0.3 is 0 Å². The minimum atomic E-state index is 0.386. The highest BCUT2D eigenvalue weighted by atomic mass is 15.5. The van der Waals surface area contributed by atoms with Gasteiger partial charge in [-0.15, -0.1) is 0 Å². The molecule has 0 amide bonds. The Labute approximate surface area is 135 Å². The molecule has 2 atom stereocenters. The van der Waals surface area contributed by atoms with Gasteiger partial charge in [0.15, 0.2) is 0 Å². The van der Waals surface area contributed by atoms with E-state index in [-0.39, 0.29) is 0 Å². The second-order valence-corrected chi connectivity index (χ2v) is 6.23. The Kier molecular flexibility index (Phi) is 9.04. The number of hydrogen-bond donors (Lipinski definition) is 3. The van der Waals surface area contributed by atoms with Crippen LogP contribution in [0.4, 0.5) is 0 Å². The van der Waals surface area contributed by atoms with Gasteiger partial charge < -0.3 is 15.6 Å². The molecule has 2 unspecified atom stereocenters. The standard InChI is InChI=1S/C17H33N5/c1-6-7-16(18-5)12-20-11-15(4)22-9-8-17(21-22)13-19-10-14(2)3/h6-9,14-15,17,19-21H,10-13H2,1-5H3/b7-6-,18-16?. The highest BCUT2D eigenvalue weighted by molar-refractivity contribution is 5.96. The van der Waals surface area contributed by atoms with E-state index in [9.17, 15) is 0 Å². The van der Waals surface area contributed by atoms with Gasteiger partial charge in [-0.25, -0.2) is 5.43 Å². The van der Waals surface area contributed by atoms with Crippen LogP contribution in [0.1, 0.15) is 27.7 Å². The maximum absolute atomic E-state index is 4.25. The lowest BCUT2D eigenvalue weighted by Gasteiger charge is -2.27. The van der Waals surface area contributed by atoms with Gasteiger partial charge in [-0.2, -0.15) is 0 Å². The third-order valence-electron chi connectivity index (χ3n) is 3.58. The van der Waals surface area contributed by atoms with Gasteiger partial charge in [0.1, 0.15) is 0 Å². The lowest BCUT2D eigenvalue weighted by molar-refractivity contribution is 0.207. The number of rotatable bonds is 10. The SMILES string of the molecule is C/C=C\C(CNCC(C)N1C=CC(CNCC(C)C)N1)=NC. The molecule has 0 aliphatic carbocycles.